The fourth-order valence-corrected chi connectivity index (χ4v) is 2.93. The lowest BCUT2D eigenvalue weighted by Crippen LogP contribution is -2.30. The molecule has 1 fully saturated rings. The zero-order chi connectivity index (χ0) is 15.1. The maximum absolute atomic E-state index is 8.90. The first-order valence-electron chi connectivity index (χ1n) is 7.73. The third-order valence-electron chi connectivity index (χ3n) is 4.13. The van der Waals surface area contributed by atoms with Crippen LogP contribution in [0.5, 0.6) is 11.5 Å². The molecule has 0 saturated heterocycles. The molecular formula is C18H24O3. The van der Waals surface area contributed by atoms with Gasteiger partial charge >= 0.3 is 0 Å². The summed E-state index contributed by atoms with van der Waals surface area (Å²) in [6.45, 7) is 2.07. The average Bonchev–Trinajstić information content (AvgIpc) is 2.54. The minimum absolute atomic E-state index is 0.155. The van der Waals surface area contributed by atoms with Crippen molar-refractivity contribution in [1.82, 2.24) is 0 Å². The van der Waals surface area contributed by atoms with Gasteiger partial charge in [0.25, 0.3) is 0 Å². The topological polar surface area (TPSA) is 38.7 Å². The molecule has 1 aromatic rings. The molecule has 0 amide bonds. The van der Waals surface area contributed by atoms with Crippen LogP contribution in [0, 0.1) is 17.8 Å². The Hall–Kier alpha value is -1.66. The Bertz CT molecular complexity index is 513. The number of hydrogen-bond donors (Lipinski definition) is 1. The SMILES string of the molecule is CCC1CCCCC1Oc1ccc(OC)cc1C#CCO. The van der Waals surface area contributed by atoms with Gasteiger partial charge in [-0.3, -0.25) is 0 Å². The molecule has 3 heteroatoms. The van der Waals surface area contributed by atoms with Crippen molar-refractivity contribution in [2.75, 3.05) is 13.7 Å². The van der Waals surface area contributed by atoms with Crippen molar-refractivity contribution in [2.24, 2.45) is 5.92 Å². The number of aliphatic hydroxyl groups is 1. The molecule has 2 atom stereocenters. The zero-order valence-corrected chi connectivity index (χ0v) is 12.9. The highest BCUT2D eigenvalue weighted by molar-refractivity contribution is 5.50. The lowest BCUT2D eigenvalue weighted by molar-refractivity contribution is 0.0900. The van der Waals surface area contributed by atoms with Gasteiger partial charge in [0.15, 0.2) is 0 Å². The average molecular weight is 288 g/mol. The molecule has 3 nitrogen and oxygen atoms in total. The van der Waals surface area contributed by atoms with Crippen LogP contribution in [0.4, 0.5) is 0 Å². The Morgan fingerprint density at radius 1 is 1.29 bits per heavy atom. The summed E-state index contributed by atoms with van der Waals surface area (Å²) in [6.07, 6.45) is 6.31. The molecular weight excluding hydrogens is 264 g/mol. The maximum Gasteiger partial charge on any atom is 0.135 e. The van der Waals surface area contributed by atoms with Crippen molar-refractivity contribution in [2.45, 2.75) is 45.1 Å². The minimum atomic E-state index is -0.155. The van der Waals surface area contributed by atoms with Crippen LogP contribution in [0.15, 0.2) is 18.2 Å². The van der Waals surface area contributed by atoms with E-state index in [0.29, 0.717) is 5.92 Å². The highest BCUT2D eigenvalue weighted by Crippen LogP contribution is 2.32. The largest absolute Gasteiger partial charge is 0.497 e. The van der Waals surface area contributed by atoms with E-state index in [1.54, 1.807) is 7.11 Å². The second kappa shape index (κ2) is 7.95. The molecule has 1 saturated carbocycles. The number of methoxy groups -OCH3 is 1. The summed E-state index contributed by atoms with van der Waals surface area (Å²) in [7, 11) is 1.63. The minimum Gasteiger partial charge on any atom is -0.497 e. The van der Waals surface area contributed by atoms with Gasteiger partial charge in [-0.15, -0.1) is 0 Å². The van der Waals surface area contributed by atoms with E-state index < -0.39 is 0 Å². The zero-order valence-electron chi connectivity index (χ0n) is 12.9. The molecule has 21 heavy (non-hydrogen) atoms. The van der Waals surface area contributed by atoms with Crippen LogP contribution in [0.2, 0.25) is 0 Å². The van der Waals surface area contributed by atoms with E-state index in [1.165, 1.54) is 19.3 Å². The predicted octanol–water partition coefficient (Wildman–Crippen LogP) is 3.39. The summed E-state index contributed by atoms with van der Waals surface area (Å²) in [4.78, 5) is 0. The van der Waals surface area contributed by atoms with E-state index in [2.05, 4.69) is 18.8 Å². The van der Waals surface area contributed by atoms with Crippen molar-refractivity contribution in [3.8, 4) is 23.3 Å². The summed E-state index contributed by atoms with van der Waals surface area (Å²) in [6, 6.07) is 5.67. The second-order valence-corrected chi connectivity index (χ2v) is 5.43. The fraction of sp³-hybridized carbons (Fsp3) is 0.556. The molecule has 0 aliphatic heterocycles. The summed E-state index contributed by atoms with van der Waals surface area (Å²) in [5, 5.41) is 8.90. The Morgan fingerprint density at radius 2 is 2.10 bits per heavy atom. The number of aliphatic hydroxyl groups excluding tert-OH is 1. The number of ether oxygens (including phenoxy) is 2. The van der Waals surface area contributed by atoms with E-state index in [1.807, 2.05) is 18.2 Å². The van der Waals surface area contributed by atoms with Crippen LogP contribution in [-0.2, 0) is 0 Å². The molecule has 2 rings (SSSR count). The highest BCUT2D eigenvalue weighted by atomic mass is 16.5. The molecule has 0 aromatic heterocycles. The monoisotopic (exact) mass is 288 g/mol. The van der Waals surface area contributed by atoms with E-state index in [0.717, 1.165) is 29.9 Å². The third kappa shape index (κ3) is 4.15. The van der Waals surface area contributed by atoms with Crippen molar-refractivity contribution >= 4 is 0 Å². The van der Waals surface area contributed by atoms with Crippen LogP contribution < -0.4 is 9.47 Å². The highest BCUT2D eigenvalue weighted by Gasteiger charge is 2.25. The molecule has 114 valence electrons. The van der Waals surface area contributed by atoms with Gasteiger partial charge in [-0.2, -0.15) is 0 Å². The molecule has 1 N–H and O–H groups in total. The van der Waals surface area contributed by atoms with Crippen LogP contribution in [0.25, 0.3) is 0 Å². The van der Waals surface area contributed by atoms with Gasteiger partial charge in [-0.25, -0.2) is 0 Å². The lowest BCUT2D eigenvalue weighted by atomic mass is 9.84. The summed E-state index contributed by atoms with van der Waals surface area (Å²) < 4.78 is 11.5. The Morgan fingerprint density at radius 3 is 2.81 bits per heavy atom. The fourth-order valence-electron chi connectivity index (χ4n) is 2.93. The first kappa shape index (κ1) is 15.7. The van der Waals surface area contributed by atoms with Gasteiger partial charge in [-0.05, 0) is 49.8 Å². The van der Waals surface area contributed by atoms with Crippen LogP contribution in [0.1, 0.15) is 44.6 Å². The van der Waals surface area contributed by atoms with E-state index in [-0.39, 0.29) is 12.7 Å². The van der Waals surface area contributed by atoms with E-state index in [9.17, 15) is 0 Å². The first-order chi connectivity index (χ1) is 10.3. The molecule has 1 aromatic carbocycles. The van der Waals surface area contributed by atoms with Crippen molar-refractivity contribution in [3.63, 3.8) is 0 Å². The van der Waals surface area contributed by atoms with Crippen molar-refractivity contribution in [1.29, 1.82) is 0 Å². The smallest absolute Gasteiger partial charge is 0.135 e. The molecule has 0 spiro atoms. The molecule has 2 unspecified atom stereocenters. The van der Waals surface area contributed by atoms with E-state index in [4.69, 9.17) is 14.6 Å². The summed E-state index contributed by atoms with van der Waals surface area (Å²) in [5.74, 6) is 7.81. The van der Waals surface area contributed by atoms with Gasteiger partial charge in [0.1, 0.15) is 24.2 Å². The number of benzene rings is 1. The van der Waals surface area contributed by atoms with Crippen molar-refractivity contribution < 1.29 is 14.6 Å². The maximum atomic E-state index is 8.90. The Labute approximate surface area is 127 Å². The van der Waals surface area contributed by atoms with E-state index >= 15 is 0 Å². The predicted molar refractivity (Wildman–Crippen MR) is 83.6 cm³/mol. The van der Waals surface area contributed by atoms with Crippen molar-refractivity contribution in [3.05, 3.63) is 23.8 Å². The Balaban J connectivity index is 2.21. The summed E-state index contributed by atoms with van der Waals surface area (Å²) >= 11 is 0. The third-order valence-corrected chi connectivity index (χ3v) is 4.13. The van der Waals surface area contributed by atoms with Crippen LogP contribution >= 0.6 is 0 Å². The van der Waals surface area contributed by atoms with Crippen LogP contribution in [-0.4, -0.2) is 24.9 Å². The lowest BCUT2D eigenvalue weighted by Gasteiger charge is -2.31. The number of hydrogen-bond acceptors (Lipinski definition) is 3. The van der Waals surface area contributed by atoms with Gasteiger partial charge in [0.2, 0.25) is 0 Å². The quantitative estimate of drug-likeness (QED) is 0.863. The molecule has 0 radical (unpaired) electrons. The molecule has 0 heterocycles. The standard InChI is InChI=1S/C18H24O3/c1-3-14-7-4-5-9-17(14)21-18-11-10-16(20-2)13-15(18)8-6-12-19/h10-11,13-14,17,19H,3-5,7,9,12H2,1-2H3. The first-order valence-corrected chi connectivity index (χ1v) is 7.73. The summed E-state index contributed by atoms with van der Waals surface area (Å²) in [5.41, 5.74) is 0.781. The molecule has 0 bridgehead atoms. The Kier molecular flexibility index (Phi) is 5.95. The van der Waals surface area contributed by atoms with Gasteiger partial charge in [0, 0.05) is 0 Å². The molecule has 1 aliphatic carbocycles. The van der Waals surface area contributed by atoms with Gasteiger partial charge < -0.3 is 14.6 Å². The molecule has 1 aliphatic rings. The second-order valence-electron chi connectivity index (χ2n) is 5.43. The normalized spacial score (nSPS) is 21.3. The van der Waals surface area contributed by atoms with Gasteiger partial charge in [-0.1, -0.05) is 25.2 Å². The number of rotatable bonds is 4. The van der Waals surface area contributed by atoms with Gasteiger partial charge in [0.05, 0.1) is 12.7 Å². The van der Waals surface area contributed by atoms with Crippen LogP contribution in [0.3, 0.4) is 0 Å².